The molecule has 0 aromatic heterocycles. The number of amides is 1. The smallest absolute Gasteiger partial charge is 0.253 e. The third kappa shape index (κ3) is 4.80. The third-order valence-electron chi connectivity index (χ3n) is 2.92. The number of halogens is 1. The van der Waals surface area contributed by atoms with Crippen molar-refractivity contribution in [3.8, 4) is 0 Å². The molecule has 4 heteroatoms. The first-order valence-corrected chi connectivity index (χ1v) is 6.95. The predicted molar refractivity (Wildman–Crippen MR) is 80.7 cm³/mol. The fourth-order valence-electron chi connectivity index (χ4n) is 1.74. The molecule has 0 saturated carbocycles. The van der Waals surface area contributed by atoms with E-state index >= 15 is 0 Å². The van der Waals surface area contributed by atoms with E-state index in [1.807, 2.05) is 38.1 Å². The molecule has 19 heavy (non-hydrogen) atoms. The van der Waals surface area contributed by atoms with E-state index in [1.54, 1.807) is 7.05 Å². The van der Waals surface area contributed by atoms with Gasteiger partial charge in [-0.1, -0.05) is 39.7 Å². The van der Waals surface area contributed by atoms with E-state index in [4.69, 9.17) is 4.84 Å². The Morgan fingerprint density at radius 3 is 2.42 bits per heavy atom. The summed E-state index contributed by atoms with van der Waals surface area (Å²) < 4.78 is 1.00. The van der Waals surface area contributed by atoms with Gasteiger partial charge in [-0.05, 0) is 38.0 Å². The van der Waals surface area contributed by atoms with Gasteiger partial charge in [0, 0.05) is 11.5 Å². The van der Waals surface area contributed by atoms with Gasteiger partial charge in [-0.15, -0.1) is 0 Å². The summed E-state index contributed by atoms with van der Waals surface area (Å²) in [5.74, 6) is -0.254. The molecular formula is C15H20BrNO2. The molecule has 0 N–H and O–H groups in total. The standard InChI is InChI=1S/C15H20BrNO2/c1-11(2)5-10-14(15(18)17(3)19-4)12-6-8-13(16)9-7-12/h5-9,14H,10H2,1-4H3. The molecule has 1 atom stereocenters. The summed E-state index contributed by atoms with van der Waals surface area (Å²) in [5.41, 5.74) is 2.20. The Morgan fingerprint density at radius 1 is 1.37 bits per heavy atom. The number of allylic oxidation sites excluding steroid dienone is 2. The Labute approximate surface area is 123 Å². The molecule has 0 aliphatic heterocycles. The average Bonchev–Trinajstić information content (AvgIpc) is 2.39. The second-order valence-electron chi connectivity index (χ2n) is 4.64. The van der Waals surface area contributed by atoms with Crippen LogP contribution >= 0.6 is 15.9 Å². The second kappa shape index (κ2) is 7.46. The van der Waals surface area contributed by atoms with Crippen LogP contribution in [0.4, 0.5) is 0 Å². The zero-order chi connectivity index (χ0) is 14.4. The fraction of sp³-hybridized carbons (Fsp3) is 0.400. The largest absolute Gasteiger partial charge is 0.275 e. The average molecular weight is 326 g/mol. The van der Waals surface area contributed by atoms with Crippen molar-refractivity contribution in [1.29, 1.82) is 0 Å². The van der Waals surface area contributed by atoms with Crippen molar-refractivity contribution in [1.82, 2.24) is 5.06 Å². The molecule has 3 nitrogen and oxygen atoms in total. The Hall–Kier alpha value is -1.13. The van der Waals surface area contributed by atoms with Gasteiger partial charge in [-0.2, -0.15) is 0 Å². The molecule has 1 rings (SSSR count). The molecule has 0 saturated heterocycles. The van der Waals surface area contributed by atoms with Crippen LogP contribution in [0, 0.1) is 0 Å². The topological polar surface area (TPSA) is 29.5 Å². The number of carbonyl (C=O) groups excluding carboxylic acids is 1. The number of benzene rings is 1. The molecule has 1 unspecified atom stereocenters. The third-order valence-corrected chi connectivity index (χ3v) is 3.45. The predicted octanol–water partition coefficient (Wildman–Crippen LogP) is 3.91. The van der Waals surface area contributed by atoms with Gasteiger partial charge in [0.2, 0.25) is 0 Å². The zero-order valence-corrected chi connectivity index (χ0v) is 13.4. The van der Waals surface area contributed by atoms with Crippen molar-refractivity contribution in [3.63, 3.8) is 0 Å². The van der Waals surface area contributed by atoms with Crippen molar-refractivity contribution in [2.45, 2.75) is 26.2 Å². The first-order valence-electron chi connectivity index (χ1n) is 6.16. The molecule has 0 radical (unpaired) electrons. The lowest BCUT2D eigenvalue weighted by molar-refractivity contribution is -0.170. The minimum absolute atomic E-state index is 0.0395. The Balaban J connectivity index is 3.01. The maximum absolute atomic E-state index is 12.3. The number of rotatable bonds is 5. The maximum Gasteiger partial charge on any atom is 0.253 e. The molecule has 0 heterocycles. The van der Waals surface area contributed by atoms with Gasteiger partial charge in [0.05, 0.1) is 13.0 Å². The maximum atomic E-state index is 12.3. The monoisotopic (exact) mass is 325 g/mol. The van der Waals surface area contributed by atoms with Gasteiger partial charge < -0.3 is 0 Å². The highest BCUT2D eigenvalue weighted by molar-refractivity contribution is 9.10. The highest BCUT2D eigenvalue weighted by atomic mass is 79.9. The van der Waals surface area contributed by atoms with E-state index in [1.165, 1.54) is 17.7 Å². The molecular weight excluding hydrogens is 306 g/mol. The van der Waals surface area contributed by atoms with Crippen LogP contribution in [0.25, 0.3) is 0 Å². The lowest BCUT2D eigenvalue weighted by Crippen LogP contribution is -2.30. The quantitative estimate of drug-likeness (QED) is 0.606. The Kier molecular flexibility index (Phi) is 6.25. The summed E-state index contributed by atoms with van der Waals surface area (Å²) in [6.45, 7) is 4.06. The summed E-state index contributed by atoms with van der Waals surface area (Å²) in [5, 5.41) is 1.28. The molecule has 1 aromatic carbocycles. The molecule has 0 aliphatic carbocycles. The highest BCUT2D eigenvalue weighted by Crippen LogP contribution is 2.25. The summed E-state index contributed by atoms with van der Waals surface area (Å²) >= 11 is 3.40. The number of hydrogen-bond donors (Lipinski definition) is 0. The van der Waals surface area contributed by atoms with Gasteiger partial charge in [0.25, 0.3) is 5.91 Å². The second-order valence-corrected chi connectivity index (χ2v) is 5.56. The number of carbonyl (C=O) groups is 1. The van der Waals surface area contributed by atoms with Crippen molar-refractivity contribution < 1.29 is 9.63 Å². The fourth-order valence-corrected chi connectivity index (χ4v) is 2.00. The summed E-state index contributed by atoms with van der Waals surface area (Å²) in [6, 6.07) is 7.83. The van der Waals surface area contributed by atoms with E-state index in [2.05, 4.69) is 22.0 Å². The van der Waals surface area contributed by atoms with E-state index < -0.39 is 0 Å². The minimum atomic E-state index is -0.215. The van der Waals surface area contributed by atoms with E-state index in [9.17, 15) is 4.79 Å². The number of hydrogen-bond acceptors (Lipinski definition) is 2. The van der Waals surface area contributed by atoms with Crippen molar-refractivity contribution in [2.75, 3.05) is 14.2 Å². The van der Waals surface area contributed by atoms with Gasteiger partial charge in [-0.25, -0.2) is 5.06 Å². The molecule has 104 valence electrons. The normalized spacial score (nSPS) is 11.8. The van der Waals surface area contributed by atoms with E-state index in [0.29, 0.717) is 6.42 Å². The van der Waals surface area contributed by atoms with Crippen LogP contribution in [0.15, 0.2) is 40.4 Å². The van der Waals surface area contributed by atoms with Crippen molar-refractivity contribution >= 4 is 21.8 Å². The molecule has 0 spiro atoms. The molecule has 0 fully saturated rings. The van der Waals surface area contributed by atoms with Crippen LogP contribution in [0.1, 0.15) is 31.7 Å². The van der Waals surface area contributed by atoms with Crippen molar-refractivity contribution in [3.05, 3.63) is 46.0 Å². The van der Waals surface area contributed by atoms with Gasteiger partial charge in [0.15, 0.2) is 0 Å². The van der Waals surface area contributed by atoms with Crippen LogP contribution in [-0.4, -0.2) is 25.1 Å². The first kappa shape index (κ1) is 15.9. The van der Waals surface area contributed by atoms with Crippen molar-refractivity contribution in [2.24, 2.45) is 0 Å². The van der Waals surface area contributed by atoms with Crippen LogP contribution < -0.4 is 0 Å². The lowest BCUT2D eigenvalue weighted by Gasteiger charge is -2.21. The van der Waals surface area contributed by atoms with Gasteiger partial charge in [0.1, 0.15) is 0 Å². The molecule has 0 bridgehead atoms. The SMILES string of the molecule is CON(C)C(=O)C(CC=C(C)C)c1ccc(Br)cc1. The van der Waals surface area contributed by atoms with E-state index in [0.717, 1.165) is 10.0 Å². The van der Waals surface area contributed by atoms with Crippen LogP contribution in [0.3, 0.4) is 0 Å². The number of nitrogens with zero attached hydrogens (tertiary/aromatic N) is 1. The highest BCUT2D eigenvalue weighted by Gasteiger charge is 2.23. The molecule has 1 amide bonds. The van der Waals surface area contributed by atoms with Gasteiger partial charge in [-0.3, -0.25) is 9.63 Å². The summed E-state index contributed by atoms with van der Waals surface area (Å²) in [7, 11) is 3.13. The van der Waals surface area contributed by atoms with Crippen LogP contribution in [0.2, 0.25) is 0 Å². The summed E-state index contributed by atoms with van der Waals surface area (Å²) in [4.78, 5) is 17.3. The Morgan fingerprint density at radius 2 is 1.95 bits per heavy atom. The van der Waals surface area contributed by atoms with Crippen LogP contribution in [0.5, 0.6) is 0 Å². The molecule has 1 aromatic rings. The van der Waals surface area contributed by atoms with Gasteiger partial charge >= 0.3 is 0 Å². The van der Waals surface area contributed by atoms with Crippen LogP contribution in [-0.2, 0) is 9.63 Å². The zero-order valence-electron chi connectivity index (χ0n) is 11.8. The first-order chi connectivity index (χ1) is 8.95. The summed E-state index contributed by atoms with van der Waals surface area (Å²) in [6.07, 6.45) is 2.75. The molecule has 0 aliphatic rings. The number of likely N-dealkylation sites (N-methyl/N-ethyl adjacent to an activating group) is 1. The minimum Gasteiger partial charge on any atom is -0.275 e. The van der Waals surface area contributed by atoms with E-state index in [-0.39, 0.29) is 11.8 Å². The number of hydroxylamine groups is 2. The lowest BCUT2D eigenvalue weighted by atomic mass is 9.94. The Bertz CT molecular complexity index is 450.